The fourth-order valence-electron chi connectivity index (χ4n) is 2.55. The fourth-order valence-corrected chi connectivity index (χ4v) is 2.55. The van der Waals surface area contributed by atoms with Crippen LogP contribution in [0.1, 0.15) is 45.6 Å². The minimum absolute atomic E-state index is 0.104. The fraction of sp³-hybridized carbons (Fsp3) is 0.571. The minimum atomic E-state index is -0.104. The van der Waals surface area contributed by atoms with E-state index in [9.17, 15) is 4.39 Å². The van der Waals surface area contributed by atoms with E-state index in [1.165, 1.54) is 24.5 Å². The smallest absolute Gasteiger partial charge is 0.123 e. The molecular formula is C14H19F. The van der Waals surface area contributed by atoms with Gasteiger partial charge in [0.15, 0.2) is 0 Å². The molecule has 0 heterocycles. The van der Waals surface area contributed by atoms with E-state index in [0.29, 0.717) is 5.41 Å². The summed E-state index contributed by atoms with van der Waals surface area (Å²) in [6.45, 7) is 6.77. The van der Waals surface area contributed by atoms with Crippen LogP contribution in [0.2, 0.25) is 0 Å². The number of halogens is 1. The maximum absolute atomic E-state index is 13.2. The lowest BCUT2D eigenvalue weighted by molar-refractivity contribution is 0.328. The molecule has 0 amide bonds. The third-order valence-electron chi connectivity index (χ3n) is 3.16. The number of benzene rings is 1. The van der Waals surface area contributed by atoms with Gasteiger partial charge in [-0.1, -0.05) is 32.9 Å². The highest BCUT2D eigenvalue weighted by Gasteiger charge is 2.46. The van der Waals surface area contributed by atoms with Crippen molar-refractivity contribution in [3.63, 3.8) is 0 Å². The Bertz CT molecular complexity index is 356. The molecule has 1 aromatic rings. The van der Waals surface area contributed by atoms with Crippen molar-refractivity contribution in [3.8, 4) is 0 Å². The Kier molecular flexibility index (Phi) is 2.37. The Labute approximate surface area is 91.5 Å². The molecule has 1 saturated carbocycles. The normalized spacial score (nSPS) is 18.9. The summed E-state index contributed by atoms with van der Waals surface area (Å²) in [4.78, 5) is 0. The molecule has 0 nitrogen and oxygen atoms in total. The van der Waals surface area contributed by atoms with E-state index in [0.717, 1.165) is 6.42 Å². The van der Waals surface area contributed by atoms with Crippen LogP contribution in [0, 0.1) is 11.2 Å². The molecular weight excluding hydrogens is 187 g/mol. The predicted octanol–water partition coefficient (Wildman–Crippen LogP) is 4.29. The maximum atomic E-state index is 13.2. The van der Waals surface area contributed by atoms with E-state index in [-0.39, 0.29) is 11.2 Å². The summed E-state index contributed by atoms with van der Waals surface area (Å²) in [7, 11) is 0. The van der Waals surface area contributed by atoms with Crippen molar-refractivity contribution >= 4 is 0 Å². The third kappa shape index (κ3) is 2.39. The molecule has 2 rings (SSSR count). The van der Waals surface area contributed by atoms with Crippen LogP contribution in [0.15, 0.2) is 24.3 Å². The van der Waals surface area contributed by atoms with Crippen molar-refractivity contribution in [3.05, 3.63) is 35.6 Å². The van der Waals surface area contributed by atoms with Crippen LogP contribution in [-0.4, -0.2) is 0 Å². The first-order chi connectivity index (χ1) is 6.91. The van der Waals surface area contributed by atoms with Crippen molar-refractivity contribution in [2.45, 2.75) is 45.4 Å². The zero-order chi connectivity index (χ0) is 11.1. The van der Waals surface area contributed by atoms with Gasteiger partial charge in [-0.05, 0) is 47.8 Å². The van der Waals surface area contributed by atoms with Crippen LogP contribution < -0.4 is 0 Å². The molecule has 0 aromatic heterocycles. The monoisotopic (exact) mass is 206 g/mol. The molecule has 0 N–H and O–H groups in total. The predicted molar refractivity (Wildman–Crippen MR) is 61.4 cm³/mol. The number of rotatable bonds is 2. The van der Waals surface area contributed by atoms with E-state index in [2.05, 4.69) is 26.8 Å². The Balaban J connectivity index is 2.23. The lowest BCUT2D eigenvalue weighted by atomic mass is 9.79. The van der Waals surface area contributed by atoms with Gasteiger partial charge in [0.05, 0.1) is 0 Å². The van der Waals surface area contributed by atoms with Gasteiger partial charge < -0.3 is 0 Å². The van der Waals surface area contributed by atoms with Crippen molar-refractivity contribution in [2.24, 2.45) is 5.41 Å². The van der Waals surface area contributed by atoms with Gasteiger partial charge in [0, 0.05) is 0 Å². The van der Waals surface area contributed by atoms with Crippen LogP contribution >= 0.6 is 0 Å². The average molecular weight is 206 g/mol. The Morgan fingerprint density at radius 3 is 2.40 bits per heavy atom. The highest BCUT2D eigenvalue weighted by molar-refractivity contribution is 5.31. The van der Waals surface area contributed by atoms with Crippen LogP contribution in [0.4, 0.5) is 4.39 Å². The molecule has 15 heavy (non-hydrogen) atoms. The molecule has 1 aliphatic rings. The largest absolute Gasteiger partial charge is 0.207 e. The molecule has 0 unspecified atom stereocenters. The molecule has 0 radical (unpaired) electrons. The molecule has 0 aliphatic heterocycles. The van der Waals surface area contributed by atoms with Gasteiger partial charge in [0.1, 0.15) is 5.82 Å². The molecule has 0 saturated heterocycles. The molecule has 0 atom stereocenters. The summed E-state index contributed by atoms with van der Waals surface area (Å²) in [5.74, 6) is -0.104. The average Bonchev–Trinajstić information content (AvgIpc) is 2.83. The number of hydrogen-bond acceptors (Lipinski definition) is 0. The van der Waals surface area contributed by atoms with Crippen LogP contribution in [-0.2, 0) is 5.41 Å². The zero-order valence-electron chi connectivity index (χ0n) is 9.81. The van der Waals surface area contributed by atoms with E-state index in [1.807, 2.05) is 6.07 Å². The van der Waals surface area contributed by atoms with E-state index in [1.54, 1.807) is 6.07 Å². The van der Waals surface area contributed by atoms with Gasteiger partial charge in [-0.3, -0.25) is 0 Å². The van der Waals surface area contributed by atoms with Gasteiger partial charge >= 0.3 is 0 Å². The summed E-state index contributed by atoms with van der Waals surface area (Å²) < 4.78 is 13.2. The highest BCUT2D eigenvalue weighted by Crippen LogP contribution is 2.54. The second kappa shape index (κ2) is 3.33. The van der Waals surface area contributed by atoms with E-state index < -0.39 is 0 Å². The first-order valence-corrected chi connectivity index (χ1v) is 5.67. The zero-order valence-corrected chi connectivity index (χ0v) is 9.81. The van der Waals surface area contributed by atoms with Gasteiger partial charge in [0.2, 0.25) is 0 Å². The van der Waals surface area contributed by atoms with Crippen molar-refractivity contribution in [1.82, 2.24) is 0 Å². The standard InChI is InChI=1S/C14H19F/c1-13(2,3)10-14(7-8-14)11-5-4-6-12(15)9-11/h4-6,9H,7-8,10H2,1-3H3. The van der Waals surface area contributed by atoms with E-state index in [4.69, 9.17) is 0 Å². The van der Waals surface area contributed by atoms with Crippen LogP contribution in [0.25, 0.3) is 0 Å². The molecule has 82 valence electrons. The Morgan fingerprint density at radius 1 is 1.27 bits per heavy atom. The topological polar surface area (TPSA) is 0 Å². The lowest BCUT2D eigenvalue weighted by Crippen LogP contribution is -2.17. The molecule has 1 aromatic carbocycles. The van der Waals surface area contributed by atoms with Crippen LogP contribution in [0.5, 0.6) is 0 Å². The first-order valence-electron chi connectivity index (χ1n) is 5.67. The highest BCUT2D eigenvalue weighted by atomic mass is 19.1. The summed E-state index contributed by atoms with van der Waals surface area (Å²) >= 11 is 0. The van der Waals surface area contributed by atoms with Gasteiger partial charge in [-0.2, -0.15) is 0 Å². The molecule has 0 bridgehead atoms. The van der Waals surface area contributed by atoms with Crippen LogP contribution in [0.3, 0.4) is 0 Å². The first kappa shape index (κ1) is 10.7. The second-order valence-corrected chi connectivity index (χ2v) is 6.03. The summed E-state index contributed by atoms with van der Waals surface area (Å²) in [5, 5.41) is 0. The van der Waals surface area contributed by atoms with Crippen molar-refractivity contribution < 1.29 is 4.39 Å². The van der Waals surface area contributed by atoms with Gasteiger partial charge in [-0.15, -0.1) is 0 Å². The van der Waals surface area contributed by atoms with Crippen molar-refractivity contribution in [2.75, 3.05) is 0 Å². The number of hydrogen-bond donors (Lipinski definition) is 0. The quantitative estimate of drug-likeness (QED) is 0.677. The SMILES string of the molecule is CC(C)(C)CC1(c2cccc(F)c2)CC1. The van der Waals surface area contributed by atoms with Gasteiger partial charge in [0.25, 0.3) is 0 Å². The summed E-state index contributed by atoms with van der Waals surface area (Å²) in [5.41, 5.74) is 1.79. The maximum Gasteiger partial charge on any atom is 0.123 e. The third-order valence-corrected chi connectivity index (χ3v) is 3.16. The Hall–Kier alpha value is -0.850. The molecule has 1 fully saturated rings. The summed E-state index contributed by atoms with van der Waals surface area (Å²) in [6, 6.07) is 7.13. The second-order valence-electron chi connectivity index (χ2n) is 6.03. The molecule has 0 spiro atoms. The lowest BCUT2D eigenvalue weighted by Gasteiger charge is -2.26. The molecule has 1 heteroatoms. The molecule has 1 aliphatic carbocycles. The minimum Gasteiger partial charge on any atom is -0.207 e. The Morgan fingerprint density at radius 2 is 1.93 bits per heavy atom. The van der Waals surface area contributed by atoms with Gasteiger partial charge in [-0.25, -0.2) is 4.39 Å². The van der Waals surface area contributed by atoms with E-state index >= 15 is 0 Å². The summed E-state index contributed by atoms with van der Waals surface area (Å²) in [6.07, 6.45) is 3.59. The van der Waals surface area contributed by atoms with Crippen molar-refractivity contribution in [1.29, 1.82) is 0 Å².